The predicted molar refractivity (Wildman–Crippen MR) is 103 cm³/mol. The van der Waals surface area contributed by atoms with Crippen molar-refractivity contribution in [3.8, 4) is 33.8 Å². The van der Waals surface area contributed by atoms with E-state index in [-0.39, 0.29) is 0 Å². The lowest BCUT2D eigenvalue weighted by atomic mass is 9.86. The Morgan fingerprint density at radius 3 is 1.46 bits per heavy atom. The topological polar surface area (TPSA) is 18.5 Å². The minimum Gasteiger partial charge on any atom is -0.488 e. The molecule has 0 atom stereocenters. The first-order valence-electron chi connectivity index (χ1n) is 8.92. The molecule has 2 nitrogen and oxygen atoms in total. The maximum absolute atomic E-state index is 5.95. The van der Waals surface area contributed by atoms with Crippen molar-refractivity contribution in [2.24, 2.45) is 0 Å². The second-order valence-electron chi connectivity index (χ2n) is 6.86. The van der Waals surface area contributed by atoms with Crippen LogP contribution >= 0.6 is 0 Å². The van der Waals surface area contributed by atoms with E-state index in [9.17, 15) is 0 Å². The summed E-state index contributed by atoms with van der Waals surface area (Å²) in [5.74, 6) is 1.93. The minimum absolute atomic E-state index is 0.624. The molecule has 0 unspecified atom stereocenters. The van der Waals surface area contributed by atoms with E-state index in [1.54, 1.807) is 0 Å². The monoisotopic (exact) mass is 336 g/mol. The standard InChI is InChI=1S/C24H16O2/c1-3-7-21-19(5-1)23-15(13-25-21)9-12-18-17(23)11-10-16-14-26-22-8-4-2-6-20(22)24(16)18/h1-12H,13-14H2. The van der Waals surface area contributed by atoms with Gasteiger partial charge in [-0.05, 0) is 45.2 Å². The molecule has 0 aromatic heterocycles. The Morgan fingerprint density at radius 1 is 0.500 bits per heavy atom. The van der Waals surface area contributed by atoms with Crippen LogP contribution in [0.3, 0.4) is 0 Å². The number of benzene rings is 4. The summed E-state index contributed by atoms with van der Waals surface area (Å²) in [6, 6.07) is 25.6. The lowest BCUT2D eigenvalue weighted by Crippen LogP contribution is -2.08. The zero-order valence-corrected chi connectivity index (χ0v) is 14.2. The van der Waals surface area contributed by atoms with Crippen LogP contribution in [0.2, 0.25) is 0 Å². The van der Waals surface area contributed by atoms with Crippen molar-refractivity contribution >= 4 is 10.8 Å². The van der Waals surface area contributed by atoms with Crippen LogP contribution in [0.4, 0.5) is 0 Å². The fourth-order valence-electron chi connectivity index (χ4n) is 4.28. The summed E-state index contributed by atoms with van der Waals surface area (Å²) in [6.07, 6.45) is 0. The minimum atomic E-state index is 0.624. The molecule has 4 aromatic rings. The Morgan fingerprint density at radius 2 is 0.962 bits per heavy atom. The molecule has 26 heavy (non-hydrogen) atoms. The third kappa shape index (κ3) is 1.81. The smallest absolute Gasteiger partial charge is 0.127 e. The SMILES string of the molecule is c1ccc2c(c1)OCc1ccc3c4c(ccc3c1-2)COc1ccccc1-4. The first kappa shape index (κ1) is 14.0. The largest absolute Gasteiger partial charge is 0.488 e. The van der Waals surface area contributed by atoms with Gasteiger partial charge in [-0.2, -0.15) is 0 Å². The average Bonchev–Trinajstić information content (AvgIpc) is 2.72. The van der Waals surface area contributed by atoms with Crippen molar-refractivity contribution in [2.45, 2.75) is 13.2 Å². The lowest BCUT2D eigenvalue weighted by molar-refractivity contribution is 0.302. The van der Waals surface area contributed by atoms with E-state index in [0.717, 1.165) is 11.5 Å². The molecule has 2 aliphatic rings. The molecule has 0 bridgehead atoms. The highest BCUT2D eigenvalue weighted by molar-refractivity contribution is 6.08. The molecule has 2 heterocycles. The van der Waals surface area contributed by atoms with E-state index in [1.807, 2.05) is 12.1 Å². The van der Waals surface area contributed by atoms with Crippen LogP contribution in [0.5, 0.6) is 11.5 Å². The number of para-hydroxylation sites is 2. The number of ether oxygens (including phenoxy) is 2. The van der Waals surface area contributed by atoms with Gasteiger partial charge in [-0.3, -0.25) is 0 Å². The quantitative estimate of drug-likeness (QED) is 0.394. The maximum atomic E-state index is 5.95. The number of fused-ring (bicyclic) bond motifs is 9. The van der Waals surface area contributed by atoms with Gasteiger partial charge >= 0.3 is 0 Å². The van der Waals surface area contributed by atoms with Crippen LogP contribution in [-0.4, -0.2) is 0 Å². The molecular formula is C24H16O2. The zero-order valence-electron chi connectivity index (χ0n) is 14.2. The van der Waals surface area contributed by atoms with Gasteiger partial charge in [-0.15, -0.1) is 0 Å². The van der Waals surface area contributed by atoms with Crippen LogP contribution in [-0.2, 0) is 13.2 Å². The van der Waals surface area contributed by atoms with E-state index in [0.29, 0.717) is 13.2 Å². The molecule has 2 aliphatic heterocycles. The van der Waals surface area contributed by atoms with Crippen LogP contribution in [0, 0.1) is 0 Å². The van der Waals surface area contributed by atoms with Gasteiger partial charge in [0.1, 0.15) is 24.7 Å². The Labute approximate surface area is 151 Å². The Balaban J connectivity index is 1.73. The van der Waals surface area contributed by atoms with Gasteiger partial charge in [0.2, 0.25) is 0 Å². The van der Waals surface area contributed by atoms with Gasteiger partial charge < -0.3 is 9.47 Å². The Bertz CT molecular complexity index is 1100. The molecule has 0 spiro atoms. The van der Waals surface area contributed by atoms with Crippen molar-refractivity contribution in [3.05, 3.63) is 83.9 Å². The summed E-state index contributed by atoms with van der Waals surface area (Å²) in [5, 5.41) is 2.57. The highest BCUT2D eigenvalue weighted by atomic mass is 16.5. The number of rotatable bonds is 0. The zero-order chi connectivity index (χ0) is 17.1. The normalized spacial score (nSPS) is 13.7. The van der Waals surface area contributed by atoms with Gasteiger partial charge in [0.15, 0.2) is 0 Å². The van der Waals surface area contributed by atoms with Crippen LogP contribution in [0.25, 0.3) is 33.0 Å². The highest BCUT2D eigenvalue weighted by Gasteiger charge is 2.24. The molecule has 6 rings (SSSR count). The van der Waals surface area contributed by atoms with Crippen LogP contribution in [0.1, 0.15) is 11.1 Å². The van der Waals surface area contributed by atoms with Crippen molar-refractivity contribution in [2.75, 3.05) is 0 Å². The summed E-state index contributed by atoms with van der Waals surface area (Å²) < 4.78 is 11.9. The fraction of sp³-hybridized carbons (Fsp3) is 0.0833. The maximum Gasteiger partial charge on any atom is 0.127 e. The molecule has 0 saturated carbocycles. The van der Waals surface area contributed by atoms with E-state index >= 15 is 0 Å². The van der Waals surface area contributed by atoms with Crippen molar-refractivity contribution in [3.63, 3.8) is 0 Å². The lowest BCUT2D eigenvalue weighted by Gasteiger charge is -2.26. The van der Waals surface area contributed by atoms with E-state index in [4.69, 9.17) is 9.47 Å². The molecule has 4 aromatic carbocycles. The van der Waals surface area contributed by atoms with E-state index in [2.05, 4.69) is 60.7 Å². The average molecular weight is 336 g/mol. The van der Waals surface area contributed by atoms with Gasteiger partial charge in [0, 0.05) is 11.1 Å². The van der Waals surface area contributed by atoms with E-state index in [1.165, 1.54) is 44.2 Å². The Hall–Kier alpha value is -3.26. The molecule has 0 fully saturated rings. The molecule has 0 saturated heterocycles. The van der Waals surface area contributed by atoms with Crippen molar-refractivity contribution in [1.29, 1.82) is 0 Å². The van der Waals surface area contributed by atoms with E-state index < -0.39 is 0 Å². The molecule has 124 valence electrons. The molecular weight excluding hydrogens is 320 g/mol. The third-order valence-corrected chi connectivity index (χ3v) is 5.45. The first-order chi connectivity index (χ1) is 12.9. The molecule has 0 N–H and O–H groups in total. The molecule has 0 amide bonds. The van der Waals surface area contributed by atoms with Gasteiger partial charge in [0.25, 0.3) is 0 Å². The number of hydrogen-bond acceptors (Lipinski definition) is 2. The molecule has 0 aliphatic carbocycles. The Kier molecular flexibility index (Phi) is 2.75. The summed E-state index contributed by atoms with van der Waals surface area (Å²) in [6.45, 7) is 1.25. The van der Waals surface area contributed by atoms with Gasteiger partial charge in [-0.25, -0.2) is 0 Å². The summed E-state index contributed by atoms with van der Waals surface area (Å²) in [7, 11) is 0. The third-order valence-electron chi connectivity index (χ3n) is 5.45. The second kappa shape index (κ2) is 5.12. The summed E-state index contributed by atoms with van der Waals surface area (Å²) >= 11 is 0. The fourth-order valence-corrected chi connectivity index (χ4v) is 4.28. The summed E-state index contributed by atoms with van der Waals surface area (Å²) in [4.78, 5) is 0. The first-order valence-corrected chi connectivity index (χ1v) is 8.92. The van der Waals surface area contributed by atoms with Crippen LogP contribution in [0.15, 0.2) is 72.8 Å². The van der Waals surface area contributed by atoms with Gasteiger partial charge in [0.05, 0.1) is 0 Å². The number of hydrogen-bond donors (Lipinski definition) is 0. The van der Waals surface area contributed by atoms with Crippen molar-refractivity contribution < 1.29 is 9.47 Å². The van der Waals surface area contributed by atoms with Crippen LogP contribution < -0.4 is 9.47 Å². The summed E-state index contributed by atoms with van der Waals surface area (Å²) in [5.41, 5.74) is 7.46. The van der Waals surface area contributed by atoms with Gasteiger partial charge in [-0.1, -0.05) is 60.7 Å². The predicted octanol–water partition coefficient (Wildman–Crippen LogP) is 5.96. The highest BCUT2D eigenvalue weighted by Crippen LogP contribution is 2.47. The van der Waals surface area contributed by atoms with Crippen molar-refractivity contribution in [1.82, 2.24) is 0 Å². The molecule has 0 radical (unpaired) electrons. The molecule has 2 heteroatoms. The second-order valence-corrected chi connectivity index (χ2v) is 6.86.